The Morgan fingerprint density at radius 1 is 1.17 bits per heavy atom. The molecular weight excluding hydrogens is 334 g/mol. The van der Waals surface area contributed by atoms with Crippen LogP contribution in [0.1, 0.15) is 6.92 Å². The van der Waals surface area contributed by atoms with Crippen molar-refractivity contribution in [1.82, 2.24) is 0 Å². The molecule has 23 heavy (non-hydrogen) atoms. The number of hydrogen-bond acceptors (Lipinski definition) is 3. The monoisotopic (exact) mass is 351 g/mol. The standard InChI is InChI=1S/C17H18ClNO3S/c1-3-13-19(17-8-6-5-7-16(17)18)23(20,21)15-11-9-14(10-12-15)22-4-2/h3,5-12H,1,4,13H2,2H3. The molecule has 6 heteroatoms. The van der Waals surface area contributed by atoms with E-state index in [0.717, 1.165) is 0 Å². The number of anilines is 1. The SMILES string of the molecule is C=CCN(c1ccccc1Cl)S(=O)(=O)c1ccc(OCC)cc1. The van der Waals surface area contributed by atoms with Crippen LogP contribution >= 0.6 is 11.6 Å². The van der Waals surface area contributed by atoms with Crippen LogP contribution in [0.5, 0.6) is 5.75 Å². The minimum atomic E-state index is -3.75. The zero-order valence-corrected chi connectivity index (χ0v) is 14.3. The molecule has 0 fully saturated rings. The van der Waals surface area contributed by atoms with Gasteiger partial charge in [0.2, 0.25) is 0 Å². The molecule has 0 aliphatic heterocycles. The minimum absolute atomic E-state index is 0.124. The molecule has 0 radical (unpaired) electrons. The van der Waals surface area contributed by atoms with Gasteiger partial charge in [0, 0.05) is 0 Å². The van der Waals surface area contributed by atoms with Gasteiger partial charge in [-0.15, -0.1) is 6.58 Å². The molecule has 0 bridgehead atoms. The molecule has 2 aromatic carbocycles. The predicted molar refractivity (Wildman–Crippen MR) is 93.8 cm³/mol. The van der Waals surface area contributed by atoms with Gasteiger partial charge in [0.05, 0.1) is 28.8 Å². The highest BCUT2D eigenvalue weighted by molar-refractivity contribution is 7.92. The van der Waals surface area contributed by atoms with Gasteiger partial charge in [-0.1, -0.05) is 29.8 Å². The second-order valence-corrected chi connectivity index (χ2v) is 6.95. The van der Waals surface area contributed by atoms with Crippen LogP contribution in [0.25, 0.3) is 0 Å². The number of sulfonamides is 1. The third-order valence-corrected chi connectivity index (χ3v) is 5.25. The van der Waals surface area contributed by atoms with E-state index in [2.05, 4.69) is 6.58 Å². The molecular formula is C17H18ClNO3S. The summed E-state index contributed by atoms with van der Waals surface area (Å²) in [5.41, 5.74) is 0.419. The highest BCUT2D eigenvalue weighted by Crippen LogP contribution is 2.30. The van der Waals surface area contributed by atoms with Crippen LogP contribution in [0.3, 0.4) is 0 Å². The van der Waals surface area contributed by atoms with Crippen LogP contribution in [0, 0.1) is 0 Å². The number of para-hydroxylation sites is 1. The second-order valence-electron chi connectivity index (χ2n) is 4.68. The molecule has 4 nitrogen and oxygen atoms in total. The van der Waals surface area contributed by atoms with Crippen LogP contribution in [0.4, 0.5) is 5.69 Å². The first-order chi connectivity index (χ1) is 11.0. The van der Waals surface area contributed by atoms with Gasteiger partial charge >= 0.3 is 0 Å². The number of hydrogen-bond donors (Lipinski definition) is 0. The van der Waals surface area contributed by atoms with Gasteiger partial charge in [0.15, 0.2) is 0 Å². The summed E-state index contributed by atoms with van der Waals surface area (Å²) in [4.78, 5) is 0.169. The Balaban J connectivity index is 2.45. The molecule has 0 saturated carbocycles. The lowest BCUT2D eigenvalue weighted by molar-refractivity contribution is 0.340. The van der Waals surface area contributed by atoms with Crippen molar-refractivity contribution in [3.05, 3.63) is 66.2 Å². The van der Waals surface area contributed by atoms with Gasteiger partial charge in [-0.05, 0) is 43.3 Å². The second kappa shape index (κ2) is 7.53. The quantitative estimate of drug-likeness (QED) is 0.705. The van der Waals surface area contributed by atoms with Crippen molar-refractivity contribution in [1.29, 1.82) is 0 Å². The molecule has 0 aliphatic carbocycles. The van der Waals surface area contributed by atoms with Crippen molar-refractivity contribution < 1.29 is 13.2 Å². The van der Waals surface area contributed by atoms with E-state index in [1.54, 1.807) is 36.4 Å². The van der Waals surface area contributed by atoms with Gasteiger partial charge < -0.3 is 4.74 Å². The molecule has 0 N–H and O–H groups in total. The minimum Gasteiger partial charge on any atom is -0.494 e. The largest absolute Gasteiger partial charge is 0.494 e. The van der Waals surface area contributed by atoms with E-state index >= 15 is 0 Å². The van der Waals surface area contributed by atoms with Crippen LogP contribution < -0.4 is 9.04 Å². The zero-order valence-electron chi connectivity index (χ0n) is 12.8. The van der Waals surface area contributed by atoms with Gasteiger partial charge in [-0.2, -0.15) is 0 Å². The Morgan fingerprint density at radius 2 is 1.83 bits per heavy atom. The third-order valence-electron chi connectivity index (χ3n) is 3.14. The lowest BCUT2D eigenvalue weighted by Gasteiger charge is -2.24. The Bertz CT molecular complexity index is 773. The van der Waals surface area contributed by atoms with Crippen molar-refractivity contribution in [2.24, 2.45) is 0 Å². The summed E-state index contributed by atoms with van der Waals surface area (Å²) >= 11 is 6.15. The number of nitrogens with zero attached hydrogens (tertiary/aromatic N) is 1. The molecule has 0 spiro atoms. The maximum Gasteiger partial charge on any atom is 0.264 e. The normalized spacial score (nSPS) is 11.0. The summed E-state index contributed by atoms with van der Waals surface area (Å²) in [6.07, 6.45) is 1.52. The first-order valence-electron chi connectivity index (χ1n) is 7.11. The Hall–Kier alpha value is -1.98. The van der Waals surface area contributed by atoms with E-state index in [-0.39, 0.29) is 11.4 Å². The van der Waals surface area contributed by atoms with Crippen LogP contribution in [0.15, 0.2) is 66.1 Å². The molecule has 0 unspecified atom stereocenters. The van der Waals surface area contributed by atoms with Crippen LogP contribution in [0.2, 0.25) is 5.02 Å². The average molecular weight is 352 g/mol. The lowest BCUT2D eigenvalue weighted by atomic mass is 10.3. The number of benzene rings is 2. The maximum absolute atomic E-state index is 12.9. The number of ether oxygens (including phenoxy) is 1. The lowest BCUT2D eigenvalue weighted by Crippen LogP contribution is -2.31. The summed E-state index contributed by atoms with van der Waals surface area (Å²) in [7, 11) is -3.75. The van der Waals surface area contributed by atoms with E-state index in [1.165, 1.54) is 22.5 Å². The van der Waals surface area contributed by atoms with Crippen molar-refractivity contribution >= 4 is 27.3 Å². The molecule has 0 saturated heterocycles. The summed E-state index contributed by atoms with van der Waals surface area (Å²) in [6.45, 7) is 6.15. The smallest absolute Gasteiger partial charge is 0.264 e. The molecule has 2 rings (SSSR count). The van der Waals surface area contributed by atoms with Crippen molar-refractivity contribution in [3.8, 4) is 5.75 Å². The summed E-state index contributed by atoms with van der Waals surface area (Å²) in [5, 5.41) is 0.365. The highest BCUT2D eigenvalue weighted by atomic mass is 35.5. The molecule has 2 aromatic rings. The fraction of sp³-hybridized carbons (Fsp3) is 0.176. The predicted octanol–water partition coefficient (Wildman–Crippen LogP) is 4.12. The van der Waals surface area contributed by atoms with E-state index in [4.69, 9.17) is 16.3 Å². The van der Waals surface area contributed by atoms with Gasteiger partial charge in [-0.3, -0.25) is 4.31 Å². The summed E-state index contributed by atoms with van der Waals surface area (Å²) < 4.78 is 32.4. The molecule has 0 amide bonds. The maximum atomic E-state index is 12.9. The first-order valence-corrected chi connectivity index (χ1v) is 8.93. The molecule has 0 atom stereocenters. The van der Waals surface area contributed by atoms with Gasteiger partial charge in [0.25, 0.3) is 10.0 Å². The first kappa shape index (κ1) is 17.4. The molecule has 0 aromatic heterocycles. The van der Waals surface area contributed by atoms with Gasteiger partial charge in [0.1, 0.15) is 5.75 Å². The van der Waals surface area contributed by atoms with Crippen LogP contribution in [-0.4, -0.2) is 21.6 Å². The van der Waals surface area contributed by atoms with Crippen molar-refractivity contribution in [2.45, 2.75) is 11.8 Å². The topological polar surface area (TPSA) is 46.6 Å². The van der Waals surface area contributed by atoms with E-state index in [0.29, 0.717) is 23.1 Å². The Labute approximate surface area is 142 Å². The summed E-state index contributed by atoms with van der Waals surface area (Å²) in [6, 6.07) is 13.1. The highest BCUT2D eigenvalue weighted by Gasteiger charge is 2.25. The summed E-state index contributed by atoms with van der Waals surface area (Å²) in [5.74, 6) is 0.625. The fourth-order valence-corrected chi connectivity index (χ4v) is 3.84. The van der Waals surface area contributed by atoms with E-state index in [1.807, 2.05) is 6.92 Å². The fourth-order valence-electron chi connectivity index (χ4n) is 2.10. The molecule has 0 aliphatic rings. The number of halogens is 1. The average Bonchev–Trinajstić information content (AvgIpc) is 2.54. The Kier molecular flexibility index (Phi) is 5.69. The van der Waals surface area contributed by atoms with Gasteiger partial charge in [-0.25, -0.2) is 8.42 Å². The van der Waals surface area contributed by atoms with Crippen LogP contribution in [-0.2, 0) is 10.0 Å². The molecule has 0 heterocycles. The van der Waals surface area contributed by atoms with E-state index < -0.39 is 10.0 Å². The zero-order chi connectivity index (χ0) is 16.9. The van der Waals surface area contributed by atoms with Crippen molar-refractivity contribution in [2.75, 3.05) is 17.5 Å². The van der Waals surface area contributed by atoms with E-state index in [9.17, 15) is 8.42 Å². The Morgan fingerprint density at radius 3 is 2.39 bits per heavy atom. The van der Waals surface area contributed by atoms with Crippen molar-refractivity contribution in [3.63, 3.8) is 0 Å². The number of rotatable bonds is 7. The molecule has 122 valence electrons. The third kappa shape index (κ3) is 3.86.